The number of imidazole rings is 1. The monoisotopic (exact) mass is 387 g/mol. The molecule has 1 aromatic carbocycles. The number of hydrogen-bond donors (Lipinski definition) is 3. The topological polar surface area (TPSA) is 70.5 Å². The Hall–Kier alpha value is -2.73. The normalized spacial score (nSPS) is 10.4. The highest BCUT2D eigenvalue weighted by molar-refractivity contribution is 5.90. The molecule has 0 radical (unpaired) electrons. The molecule has 0 spiro atoms. The van der Waals surface area contributed by atoms with Gasteiger partial charge < -0.3 is 20.4 Å². The first-order valence-electron chi connectivity index (χ1n) is 8.67. The Morgan fingerprint density at radius 3 is 2.44 bits per heavy atom. The third kappa shape index (κ3) is 4.17. The third-order valence-electron chi connectivity index (χ3n) is 4.78. The molecule has 0 fully saturated rings. The van der Waals surface area contributed by atoms with Crippen LogP contribution in [0, 0.1) is 27.7 Å². The predicted molar refractivity (Wildman–Crippen MR) is 113 cm³/mol. The summed E-state index contributed by atoms with van der Waals surface area (Å²) in [6.07, 6.45) is 1.89. The molecule has 7 heteroatoms. The summed E-state index contributed by atoms with van der Waals surface area (Å²) in [6, 6.07) is 7.98. The Bertz CT molecular complexity index is 960. The number of fused-ring (bicyclic) bond motifs is 1. The maximum atomic E-state index is 11.7. The van der Waals surface area contributed by atoms with Gasteiger partial charge in [-0.1, -0.05) is 18.2 Å². The van der Waals surface area contributed by atoms with Crippen molar-refractivity contribution in [2.24, 2.45) is 0 Å². The van der Waals surface area contributed by atoms with E-state index in [-0.39, 0.29) is 18.4 Å². The minimum absolute atomic E-state index is 0. The fourth-order valence-electron chi connectivity index (χ4n) is 3.07. The molecule has 0 saturated heterocycles. The number of benzene rings is 1. The van der Waals surface area contributed by atoms with Gasteiger partial charge in [0.05, 0.1) is 17.1 Å². The van der Waals surface area contributed by atoms with Crippen molar-refractivity contribution in [2.45, 2.75) is 34.2 Å². The molecule has 0 bridgehead atoms. The number of aromatic nitrogens is 2. The Kier molecular flexibility index (Phi) is 6.33. The van der Waals surface area contributed by atoms with Crippen molar-refractivity contribution in [1.29, 1.82) is 0 Å². The van der Waals surface area contributed by atoms with Gasteiger partial charge in [0.15, 0.2) is 5.65 Å². The molecule has 3 N–H and O–H groups in total. The van der Waals surface area contributed by atoms with Crippen molar-refractivity contribution < 1.29 is 4.79 Å². The number of pyridine rings is 1. The van der Waals surface area contributed by atoms with Crippen LogP contribution < -0.4 is 16.0 Å². The number of amides is 2. The van der Waals surface area contributed by atoms with E-state index in [1.54, 1.807) is 7.05 Å². The fourth-order valence-corrected chi connectivity index (χ4v) is 3.07. The molecule has 2 aromatic heterocycles. The molecular formula is C20H26ClN5O. The van der Waals surface area contributed by atoms with Crippen LogP contribution in [-0.4, -0.2) is 22.5 Å². The molecule has 0 unspecified atom stereocenters. The minimum Gasteiger partial charge on any atom is -0.378 e. The Balaban J connectivity index is 0.00000261. The number of carbonyl (C=O) groups excluding carboxylic acids is 1. The van der Waals surface area contributed by atoms with Crippen LogP contribution in [0.1, 0.15) is 28.1 Å². The molecule has 3 rings (SSSR count). The molecule has 0 atom stereocenters. The molecule has 0 aliphatic rings. The summed E-state index contributed by atoms with van der Waals surface area (Å²) in [4.78, 5) is 16.4. The van der Waals surface area contributed by atoms with Crippen LogP contribution in [0.25, 0.3) is 5.65 Å². The van der Waals surface area contributed by atoms with Crippen LogP contribution in [0.15, 0.2) is 30.5 Å². The highest BCUT2D eigenvalue weighted by Gasteiger charge is 2.12. The van der Waals surface area contributed by atoms with Crippen LogP contribution in [0.5, 0.6) is 0 Å². The van der Waals surface area contributed by atoms with E-state index in [0.717, 1.165) is 22.7 Å². The van der Waals surface area contributed by atoms with Crippen molar-refractivity contribution in [3.05, 3.63) is 58.5 Å². The highest BCUT2D eigenvalue weighted by atomic mass is 35.5. The number of nitrogens with one attached hydrogen (secondary N) is 3. The SMILES string of the molecule is CNC(=O)Nc1cc(NCc2c(C)cccc2C)c2nc(C)c(C)n2c1.Cl. The van der Waals surface area contributed by atoms with E-state index in [4.69, 9.17) is 0 Å². The second-order valence-electron chi connectivity index (χ2n) is 6.55. The molecule has 3 aromatic rings. The van der Waals surface area contributed by atoms with Gasteiger partial charge in [-0.2, -0.15) is 0 Å². The van der Waals surface area contributed by atoms with Gasteiger partial charge in [-0.15, -0.1) is 12.4 Å². The molecular weight excluding hydrogens is 362 g/mol. The summed E-state index contributed by atoms with van der Waals surface area (Å²) >= 11 is 0. The van der Waals surface area contributed by atoms with Crippen molar-refractivity contribution >= 4 is 35.5 Å². The Morgan fingerprint density at radius 1 is 1.15 bits per heavy atom. The summed E-state index contributed by atoms with van der Waals surface area (Å²) in [5.41, 5.74) is 8.25. The van der Waals surface area contributed by atoms with Crippen LogP contribution in [-0.2, 0) is 6.54 Å². The summed E-state index contributed by atoms with van der Waals surface area (Å²) in [7, 11) is 1.60. The van der Waals surface area contributed by atoms with E-state index in [1.807, 2.05) is 30.5 Å². The molecule has 6 nitrogen and oxygen atoms in total. The van der Waals surface area contributed by atoms with Crippen LogP contribution in [0.4, 0.5) is 16.2 Å². The first kappa shape index (κ1) is 20.6. The van der Waals surface area contributed by atoms with E-state index in [2.05, 4.69) is 53.0 Å². The largest absolute Gasteiger partial charge is 0.378 e. The second kappa shape index (κ2) is 8.31. The van der Waals surface area contributed by atoms with Gasteiger partial charge in [-0.05, 0) is 50.5 Å². The predicted octanol–water partition coefficient (Wildman–Crippen LogP) is 4.35. The number of nitrogens with zero attached hydrogens (tertiary/aromatic N) is 2. The van der Waals surface area contributed by atoms with E-state index in [9.17, 15) is 4.79 Å². The lowest BCUT2D eigenvalue weighted by Crippen LogP contribution is -2.24. The second-order valence-corrected chi connectivity index (χ2v) is 6.55. The van der Waals surface area contributed by atoms with Crippen LogP contribution in [0.2, 0.25) is 0 Å². The van der Waals surface area contributed by atoms with Gasteiger partial charge in [0.2, 0.25) is 0 Å². The van der Waals surface area contributed by atoms with E-state index in [0.29, 0.717) is 12.2 Å². The van der Waals surface area contributed by atoms with Gasteiger partial charge in [0.25, 0.3) is 0 Å². The lowest BCUT2D eigenvalue weighted by molar-refractivity contribution is 0.254. The quantitative estimate of drug-likeness (QED) is 0.623. The highest BCUT2D eigenvalue weighted by Crippen LogP contribution is 2.25. The van der Waals surface area contributed by atoms with Gasteiger partial charge >= 0.3 is 6.03 Å². The van der Waals surface area contributed by atoms with Gasteiger partial charge in [-0.3, -0.25) is 0 Å². The lowest BCUT2D eigenvalue weighted by atomic mass is 10.0. The fraction of sp³-hybridized carbons (Fsp3) is 0.300. The van der Waals surface area contributed by atoms with E-state index >= 15 is 0 Å². The number of halogens is 1. The summed E-state index contributed by atoms with van der Waals surface area (Å²) < 4.78 is 2.01. The van der Waals surface area contributed by atoms with Crippen molar-refractivity contribution in [3.63, 3.8) is 0 Å². The summed E-state index contributed by atoms with van der Waals surface area (Å²) in [5.74, 6) is 0. The Morgan fingerprint density at radius 2 is 1.81 bits per heavy atom. The maximum absolute atomic E-state index is 11.7. The first-order valence-corrected chi connectivity index (χ1v) is 8.67. The molecule has 0 aliphatic carbocycles. The molecule has 27 heavy (non-hydrogen) atoms. The van der Waals surface area contributed by atoms with Crippen molar-refractivity contribution in [3.8, 4) is 0 Å². The minimum atomic E-state index is -0.250. The lowest BCUT2D eigenvalue weighted by Gasteiger charge is -2.14. The van der Waals surface area contributed by atoms with E-state index in [1.165, 1.54) is 16.7 Å². The number of carbonyl (C=O) groups is 1. The number of hydrogen-bond acceptors (Lipinski definition) is 3. The van der Waals surface area contributed by atoms with Crippen LogP contribution >= 0.6 is 12.4 Å². The summed E-state index contributed by atoms with van der Waals surface area (Å²) in [5, 5.41) is 8.92. The number of anilines is 2. The molecule has 0 saturated carbocycles. The zero-order valence-electron chi connectivity index (χ0n) is 16.3. The summed E-state index contributed by atoms with van der Waals surface area (Å²) in [6.45, 7) is 8.94. The van der Waals surface area contributed by atoms with Crippen molar-refractivity contribution in [2.75, 3.05) is 17.7 Å². The number of urea groups is 1. The smallest absolute Gasteiger partial charge is 0.319 e. The molecule has 0 aliphatic heterocycles. The van der Waals surface area contributed by atoms with E-state index < -0.39 is 0 Å². The van der Waals surface area contributed by atoms with Gasteiger partial charge in [0.1, 0.15) is 0 Å². The zero-order valence-corrected chi connectivity index (χ0v) is 17.1. The van der Waals surface area contributed by atoms with Gasteiger partial charge in [0, 0.05) is 25.5 Å². The molecule has 144 valence electrons. The average Bonchev–Trinajstić information content (AvgIpc) is 2.89. The maximum Gasteiger partial charge on any atom is 0.319 e. The molecule has 2 heterocycles. The standard InChI is InChI=1S/C20H25N5O.ClH/c1-12-7-6-8-13(2)17(12)10-22-18-9-16(24-20(26)21-5)11-25-15(4)14(3)23-19(18)25;/h6-9,11,22H,10H2,1-5H3,(H2,21,24,26);1H. The number of rotatable bonds is 4. The number of aryl methyl sites for hydroxylation is 4. The zero-order chi connectivity index (χ0) is 18.8. The molecule has 2 amide bonds. The Labute approximate surface area is 165 Å². The van der Waals surface area contributed by atoms with Crippen LogP contribution in [0.3, 0.4) is 0 Å². The average molecular weight is 388 g/mol. The van der Waals surface area contributed by atoms with Crippen molar-refractivity contribution in [1.82, 2.24) is 14.7 Å². The van der Waals surface area contributed by atoms with Gasteiger partial charge in [-0.25, -0.2) is 9.78 Å². The first-order chi connectivity index (χ1) is 12.4. The third-order valence-corrected chi connectivity index (χ3v) is 4.78.